The Balaban J connectivity index is 2.11. The molecule has 21 heavy (non-hydrogen) atoms. The summed E-state index contributed by atoms with van der Waals surface area (Å²) in [5, 5.41) is 21.2. The van der Waals surface area contributed by atoms with Crippen LogP contribution in [0.1, 0.15) is 60.9 Å². The molecule has 4 heteroatoms. The summed E-state index contributed by atoms with van der Waals surface area (Å²) < 4.78 is 0. The van der Waals surface area contributed by atoms with Crippen LogP contribution in [0, 0.1) is 22.7 Å². The molecule has 1 aromatic rings. The third kappa shape index (κ3) is 3.83. The maximum Gasteiger partial charge on any atom is 0.252 e. The normalized spacial score (nSPS) is 17.6. The van der Waals surface area contributed by atoms with Gasteiger partial charge in [0.05, 0.1) is 17.7 Å². The average Bonchev–Trinajstić information content (AvgIpc) is 2.50. The summed E-state index contributed by atoms with van der Waals surface area (Å²) in [5.74, 6) is -0.235. The number of carbonyl (C=O) groups excluding carboxylic acids is 1. The molecule has 0 radical (unpaired) electrons. The molecule has 1 saturated carbocycles. The molecule has 0 spiro atoms. The van der Waals surface area contributed by atoms with Gasteiger partial charge in [0.1, 0.15) is 5.54 Å². The van der Waals surface area contributed by atoms with Crippen LogP contribution in [0.15, 0.2) is 24.3 Å². The minimum atomic E-state index is -0.745. The van der Waals surface area contributed by atoms with E-state index < -0.39 is 5.54 Å². The van der Waals surface area contributed by atoms with Gasteiger partial charge in [-0.2, -0.15) is 10.5 Å². The molecule has 108 valence electrons. The highest BCUT2D eigenvalue weighted by atomic mass is 16.1. The Bertz CT molecular complexity index is 570. The second-order valence-corrected chi connectivity index (χ2v) is 5.60. The zero-order valence-corrected chi connectivity index (χ0v) is 12.1. The Morgan fingerprint density at radius 1 is 1.00 bits per heavy atom. The Hall–Kier alpha value is -2.33. The molecule has 1 amide bonds. The molecular formula is C17H19N3O. The fourth-order valence-corrected chi connectivity index (χ4v) is 2.76. The Kier molecular flexibility index (Phi) is 4.95. The van der Waals surface area contributed by atoms with E-state index in [4.69, 9.17) is 5.26 Å². The number of hydrogen-bond acceptors (Lipinski definition) is 3. The van der Waals surface area contributed by atoms with Crippen LogP contribution in [-0.4, -0.2) is 11.4 Å². The molecule has 0 atom stereocenters. The number of nitrogens with zero attached hydrogens (tertiary/aromatic N) is 2. The van der Waals surface area contributed by atoms with Crippen molar-refractivity contribution in [2.24, 2.45) is 0 Å². The second-order valence-electron chi connectivity index (χ2n) is 5.60. The summed E-state index contributed by atoms with van der Waals surface area (Å²) in [7, 11) is 0. The molecule has 4 nitrogen and oxygen atoms in total. The molecule has 0 bridgehead atoms. The summed E-state index contributed by atoms with van der Waals surface area (Å²) in [4.78, 5) is 12.3. The average molecular weight is 281 g/mol. The molecule has 1 aliphatic carbocycles. The zero-order valence-electron chi connectivity index (χ0n) is 12.1. The van der Waals surface area contributed by atoms with Gasteiger partial charge in [-0.05, 0) is 37.1 Å². The second kappa shape index (κ2) is 6.90. The van der Waals surface area contributed by atoms with Crippen LogP contribution in [0.3, 0.4) is 0 Å². The number of benzene rings is 1. The smallest absolute Gasteiger partial charge is 0.252 e. The van der Waals surface area contributed by atoms with Gasteiger partial charge in [0, 0.05) is 5.56 Å². The number of nitriles is 2. The molecule has 1 fully saturated rings. The summed E-state index contributed by atoms with van der Waals surface area (Å²) in [6.45, 7) is 0. The highest BCUT2D eigenvalue weighted by Crippen LogP contribution is 2.26. The van der Waals surface area contributed by atoms with E-state index in [2.05, 4.69) is 11.4 Å². The fourth-order valence-electron chi connectivity index (χ4n) is 2.76. The molecule has 1 aliphatic rings. The summed E-state index contributed by atoms with van der Waals surface area (Å²) >= 11 is 0. The predicted molar refractivity (Wildman–Crippen MR) is 79.3 cm³/mol. The number of hydrogen-bond donors (Lipinski definition) is 1. The Labute approximate surface area is 125 Å². The highest BCUT2D eigenvalue weighted by molar-refractivity contribution is 5.95. The molecule has 0 aliphatic heterocycles. The van der Waals surface area contributed by atoms with Crippen LogP contribution >= 0.6 is 0 Å². The van der Waals surface area contributed by atoms with E-state index in [0.29, 0.717) is 24.0 Å². The van der Waals surface area contributed by atoms with Gasteiger partial charge in [-0.1, -0.05) is 32.1 Å². The van der Waals surface area contributed by atoms with E-state index in [9.17, 15) is 10.1 Å². The minimum Gasteiger partial charge on any atom is -0.334 e. The molecule has 0 saturated heterocycles. The molecule has 1 N–H and O–H groups in total. The van der Waals surface area contributed by atoms with Crippen LogP contribution in [0.4, 0.5) is 0 Å². The lowest BCUT2D eigenvalue weighted by molar-refractivity contribution is 0.0907. The van der Waals surface area contributed by atoms with Crippen molar-refractivity contribution < 1.29 is 4.79 Å². The zero-order chi connectivity index (χ0) is 15.1. The van der Waals surface area contributed by atoms with Gasteiger partial charge in [-0.3, -0.25) is 4.79 Å². The summed E-state index contributed by atoms with van der Waals surface area (Å²) in [5.41, 5.74) is 0.268. The lowest BCUT2D eigenvalue weighted by Crippen LogP contribution is -2.47. The number of carbonyl (C=O) groups is 1. The number of amides is 1. The van der Waals surface area contributed by atoms with Crippen LogP contribution in [0.25, 0.3) is 0 Å². The third-order valence-corrected chi connectivity index (χ3v) is 4.05. The van der Waals surface area contributed by atoms with Crippen molar-refractivity contribution in [1.82, 2.24) is 5.32 Å². The van der Waals surface area contributed by atoms with E-state index in [1.165, 1.54) is 6.42 Å². The van der Waals surface area contributed by atoms with E-state index in [0.717, 1.165) is 25.7 Å². The number of nitrogens with one attached hydrogen (secondary N) is 1. The maximum absolute atomic E-state index is 12.3. The molecule has 0 unspecified atom stereocenters. The van der Waals surface area contributed by atoms with Crippen LogP contribution in [0.5, 0.6) is 0 Å². The van der Waals surface area contributed by atoms with Crippen molar-refractivity contribution in [1.29, 1.82) is 10.5 Å². The van der Waals surface area contributed by atoms with E-state index >= 15 is 0 Å². The van der Waals surface area contributed by atoms with E-state index in [-0.39, 0.29) is 5.91 Å². The monoisotopic (exact) mass is 281 g/mol. The molecule has 0 heterocycles. The van der Waals surface area contributed by atoms with Crippen molar-refractivity contribution in [3.05, 3.63) is 35.4 Å². The largest absolute Gasteiger partial charge is 0.334 e. The first-order valence-corrected chi connectivity index (χ1v) is 7.43. The van der Waals surface area contributed by atoms with Crippen molar-refractivity contribution >= 4 is 5.91 Å². The maximum atomic E-state index is 12.3. The van der Waals surface area contributed by atoms with Gasteiger partial charge in [0.15, 0.2) is 0 Å². The van der Waals surface area contributed by atoms with Gasteiger partial charge in [-0.15, -0.1) is 0 Å². The predicted octanol–water partition coefficient (Wildman–Crippen LogP) is 3.29. The van der Waals surface area contributed by atoms with Crippen molar-refractivity contribution in [2.45, 2.75) is 50.5 Å². The first kappa shape index (κ1) is 15.1. The van der Waals surface area contributed by atoms with Crippen molar-refractivity contribution in [3.8, 4) is 12.1 Å². The lowest BCUT2D eigenvalue weighted by Gasteiger charge is -2.29. The Morgan fingerprint density at radius 3 is 2.10 bits per heavy atom. The highest BCUT2D eigenvalue weighted by Gasteiger charge is 2.32. The van der Waals surface area contributed by atoms with Gasteiger partial charge in [0.2, 0.25) is 0 Å². The first-order chi connectivity index (χ1) is 10.2. The number of rotatable bonds is 2. The van der Waals surface area contributed by atoms with Gasteiger partial charge in [-0.25, -0.2) is 0 Å². The van der Waals surface area contributed by atoms with E-state index in [1.807, 2.05) is 6.07 Å². The summed E-state index contributed by atoms with van der Waals surface area (Å²) in [6, 6.07) is 10.8. The molecule has 1 aromatic carbocycles. The standard InChI is InChI=1S/C17H19N3O/c18-12-14-6-8-15(9-7-14)16(21)20-17(13-19)10-4-2-1-3-5-11-17/h6-9H,1-5,10-11H2,(H,20,21). The van der Waals surface area contributed by atoms with Gasteiger partial charge >= 0.3 is 0 Å². The van der Waals surface area contributed by atoms with Crippen LogP contribution in [-0.2, 0) is 0 Å². The van der Waals surface area contributed by atoms with Gasteiger partial charge in [0.25, 0.3) is 5.91 Å². The SMILES string of the molecule is N#Cc1ccc(C(=O)NC2(C#N)CCCCCCC2)cc1. The van der Waals surface area contributed by atoms with Gasteiger partial charge < -0.3 is 5.32 Å². The molecule has 2 rings (SSSR count). The van der Waals surface area contributed by atoms with Crippen LogP contribution in [0.2, 0.25) is 0 Å². The first-order valence-electron chi connectivity index (χ1n) is 7.43. The van der Waals surface area contributed by atoms with E-state index in [1.54, 1.807) is 24.3 Å². The third-order valence-electron chi connectivity index (χ3n) is 4.05. The van der Waals surface area contributed by atoms with Crippen molar-refractivity contribution in [2.75, 3.05) is 0 Å². The quantitative estimate of drug-likeness (QED) is 0.903. The summed E-state index contributed by atoms with van der Waals surface area (Å²) in [6.07, 6.45) is 6.83. The molecule has 0 aromatic heterocycles. The fraction of sp³-hybridized carbons (Fsp3) is 0.471. The topological polar surface area (TPSA) is 76.7 Å². The van der Waals surface area contributed by atoms with Crippen LogP contribution < -0.4 is 5.32 Å². The molecular weight excluding hydrogens is 262 g/mol. The minimum absolute atomic E-state index is 0.235. The Morgan fingerprint density at radius 2 is 1.57 bits per heavy atom. The lowest BCUT2D eigenvalue weighted by atomic mass is 9.85. The van der Waals surface area contributed by atoms with Crippen molar-refractivity contribution in [3.63, 3.8) is 0 Å².